The maximum atomic E-state index is 13.4. The van der Waals surface area contributed by atoms with Gasteiger partial charge in [-0.15, -0.1) is 0 Å². The third kappa shape index (κ3) is 5.72. The van der Waals surface area contributed by atoms with E-state index in [0.717, 1.165) is 24.8 Å². The molecule has 0 saturated carbocycles. The lowest BCUT2D eigenvalue weighted by Crippen LogP contribution is -2.37. The lowest BCUT2D eigenvalue weighted by molar-refractivity contribution is 0.0722. The van der Waals surface area contributed by atoms with E-state index in [1.54, 1.807) is 28.6 Å². The molecule has 0 bridgehead atoms. The van der Waals surface area contributed by atoms with Crippen molar-refractivity contribution in [2.45, 2.75) is 30.7 Å². The van der Waals surface area contributed by atoms with Crippen LogP contribution in [0.2, 0.25) is 0 Å². The van der Waals surface area contributed by atoms with Crippen LogP contribution in [0.3, 0.4) is 0 Å². The fourth-order valence-electron chi connectivity index (χ4n) is 3.69. The molecule has 0 N–H and O–H groups in total. The van der Waals surface area contributed by atoms with Gasteiger partial charge in [-0.1, -0.05) is 18.6 Å². The van der Waals surface area contributed by atoms with Gasteiger partial charge < -0.3 is 14.4 Å². The van der Waals surface area contributed by atoms with Gasteiger partial charge in [-0.05, 0) is 50.7 Å². The molecule has 0 radical (unpaired) electrons. The molecular weight excluding hydrogens is 419 g/mol. The molecule has 31 heavy (non-hydrogen) atoms. The summed E-state index contributed by atoms with van der Waals surface area (Å²) in [6.45, 7) is 2.45. The molecule has 1 aliphatic rings. The van der Waals surface area contributed by atoms with Crippen molar-refractivity contribution in [2.24, 2.45) is 7.05 Å². The quantitative estimate of drug-likeness (QED) is 0.620. The molecule has 1 amide bonds. The van der Waals surface area contributed by atoms with Gasteiger partial charge in [0.1, 0.15) is 16.4 Å². The number of likely N-dealkylation sites (N-methyl/N-ethyl adjacent to an activating group) is 1. The molecule has 0 aliphatic carbocycles. The second kappa shape index (κ2) is 9.93. The van der Waals surface area contributed by atoms with Crippen LogP contribution < -0.4 is 0 Å². The Balaban J connectivity index is 1.85. The zero-order valence-electron chi connectivity index (χ0n) is 18.4. The lowest BCUT2D eigenvalue weighted by Gasteiger charge is -2.25. The Morgan fingerprint density at radius 3 is 2.32 bits per heavy atom. The van der Waals surface area contributed by atoms with Crippen molar-refractivity contribution in [3.05, 3.63) is 53.6 Å². The first-order chi connectivity index (χ1) is 14.7. The molecule has 7 nitrogen and oxygen atoms in total. The molecule has 0 atom stereocenters. The van der Waals surface area contributed by atoms with Crippen molar-refractivity contribution >= 4 is 15.9 Å². The summed E-state index contributed by atoms with van der Waals surface area (Å²) in [7, 11) is 1.91. The zero-order valence-corrected chi connectivity index (χ0v) is 19.2. The standard InChI is InChI=1S/C22H31FN4O3S/c1-24(2)13-14-26(16-18-7-9-19(23)10-8-18)22(28)21-15-20(17-25(21)3)31(29,30)27-11-5-4-6-12-27/h7-10,15,17H,4-6,11-14,16H2,1-3H3. The number of aromatic nitrogens is 1. The Morgan fingerprint density at radius 2 is 1.71 bits per heavy atom. The Kier molecular flexibility index (Phi) is 7.51. The largest absolute Gasteiger partial charge is 0.345 e. The third-order valence-electron chi connectivity index (χ3n) is 5.54. The van der Waals surface area contributed by atoms with Gasteiger partial charge in [0.05, 0.1) is 0 Å². The smallest absolute Gasteiger partial charge is 0.270 e. The lowest BCUT2D eigenvalue weighted by atomic mass is 10.2. The Labute approximate surface area is 184 Å². The van der Waals surface area contributed by atoms with E-state index in [0.29, 0.717) is 38.4 Å². The molecule has 9 heteroatoms. The number of nitrogens with zero attached hydrogens (tertiary/aromatic N) is 4. The molecule has 1 fully saturated rings. The van der Waals surface area contributed by atoms with Crippen LogP contribution in [-0.4, -0.2) is 73.3 Å². The van der Waals surface area contributed by atoms with Gasteiger partial charge in [0, 0.05) is 46.0 Å². The van der Waals surface area contributed by atoms with Gasteiger partial charge in [0.25, 0.3) is 5.91 Å². The van der Waals surface area contributed by atoms with Gasteiger partial charge in [0.2, 0.25) is 10.0 Å². The minimum Gasteiger partial charge on any atom is -0.345 e. The highest BCUT2D eigenvalue weighted by Gasteiger charge is 2.29. The predicted molar refractivity (Wildman–Crippen MR) is 118 cm³/mol. The molecular formula is C22H31FN4O3S. The van der Waals surface area contributed by atoms with Crippen molar-refractivity contribution in [3.8, 4) is 0 Å². The van der Waals surface area contributed by atoms with Gasteiger partial charge in [0.15, 0.2) is 0 Å². The number of aryl methyl sites for hydroxylation is 1. The van der Waals surface area contributed by atoms with Crippen LogP contribution in [0.25, 0.3) is 0 Å². The monoisotopic (exact) mass is 450 g/mol. The highest BCUT2D eigenvalue weighted by molar-refractivity contribution is 7.89. The summed E-state index contributed by atoms with van der Waals surface area (Å²) >= 11 is 0. The number of carbonyl (C=O) groups excluding carboxylic acids is 1. The first-order valence-electron chi connectivity index (χ1n) is 10.5. The van der Waals surface area contributed by atoms with Gasteiger partial charge in [-0.2, -0.15) is 4.31 Å². The van der Waals surface area contributed by atoms with E-state index in [1.807, 2.05) is 19.0 Å². The van der Waals surface area contributed by atoms with Crippen LogP contribution in [0.1, 0.15) is 35.3 Å². The van der Waals surface area contributed by atoms with E-state index in [2.05, 4.69) is 0 Å². The maximum absolute atomic E-state index is 13.4. The SMILES string of the molecule is CN(C)CCN(Cc1ccc(F)cc1)C(=O)c1cc(S(=O)(=O)N2CCCCC2)cn1C. The fraction of sp³-hybridized carbons (Fsp3) is 0.500. The van der Waals surface area contributed by atoms with Crippen molar-refractivity contribution in [1.82, 2.24) is 18.7 Å². The summed E-state index contributed by atoms with van der Waals surface area (Å²) in [5.41, 5.74) is 1.13. The molecule has 1 saturated heterocycles. The normalized spacial score (nSPS) is 15.4. The van der Waals surface area contributed by atoms with Crippen molar-refractivity contribution in [1.29, 1.82) is 0 Å². The molecule has 170 valence electrons. The minimum absolute atomic E-state index is 0.148. The van der Waals surface area contributed by atoms with Crippen LogP contribution in [0.5, 0.6) is 0 Å². The van der Waals surface area contributed by atoms with Gasteiger partial charge in [-0.3, -0.25) is 4.79 Å². The number of piperidine rings is 1. The number of halogens is 1. The summed E-state index contributed by atoms with van der Waals surface area (Å²) in [4.78, 5) is 17.2. The highest BCUT2D eigenvalue weighted by atomic mass is 32.2. The third-order valence-corrected chi connectivity index (χ3v) is 7.41. The Morgan fingerprint density at radius 1 is 1.06 bits per heavy atom. The minimum atomic E-state index is -3.62. The van der Waals surface area contributed by atoms with Crippen molar-refractivity contribution in [3.63, 3.8) is 0 Å². The fourth-order valence-corrected chi connectivity index (χ4v) is 5.28. The second-order valence-electron chi connectivity index (χ2n) is 8.29. The average molecular weight is 451 g/mol. The maximum Gasteiger partial charge on any atom is 0.270 e. The summed E-state index contributed by atoms with van der Waals surface area (Å²) in [6, 6.07) is 7.52. The van der Waals surface area contributed by atoms with E-state index in [1.165, 1.54) is 28.7 Å². The van der Waals surface area contributed by atoms with Crippen LogP contribution in [0, 0.1) is 5.82 Å². The number of amides is 1. The van der Waals surface area contributed by atoms with E-state index in [-0.39, 0.29) is 16.6 Å². The summed E-state index contributed by atoms with van der Waals surface area (Å²) < 4.78 is 42.4. The Bertz CT molecular complexity index is 996. The van der Waals surface area contributed by atoms with Crippen LogP contribution in [-0.2, 0) is 23.6 Å². The van der Waals surface area contributed by atoms with Crippen molar-refractivity contribution in [2.75, 3.05) is 40.3 Å². The van der Waals surface area contributed by atoms with Crippen LogP contribution in [0.4, 0.5) is 4.39 Å². The van der Waals surface area contributed by atoms with Crippen molar-refractivity contribution < 1.29 is 17.6 Å². The number of hydrogen-bond acceptors (Lipinski definition) is 4. The van der Waals surface area contributed by atoms with E-state index in [4.69, 9.17) is 0 Å². The second-order valence-corrected chi connectivity index (χ2v) is 10.2. The molecule has 0 spiro atoms. The highest BCUT2D eigenvalue weighted by Crippen LogP contribution is 2.23. The molecule has 1 aliphatic heterocycles. The first kappa shape index (κ1) is 23.4. The number of rotatable bonds is 8. The molecule has 3 rings (SSSR count). The van der Waals surface area contributed by atoms with E-state index >= 15 is 0 Å². The number of benzene rings is 1. The number of carbonyl (C=O) groups is 1. The summed E-state index contributed by atoms with van der Waals surface area (Å²) in [5.74, 6) is -0.585. The Hall–Kier alpha value is -2.23. The first-order valence-corrected chi connectivity index (χ1v) is 12.0. The molecule has 1 aromatic heterocycles. The molecule has 0 unspecified atom stereocenters. The number of hydrogen-bond donors (Lipinski definition) is 0. The molecule has 1 aromatic carbocycles. The topological polar surface area (TPSA) is 65.9 Å². The summed E-state index contributed by atoms with van der Waals surface area (Å²) in [6.07, 6.45) is 4.26. The van der Waals surface area contributed by atoms with Crippen LogP contribution in [0.15, 0.2) is 41.4 Å². The van der Waals surface area contributed by atoms with Gasteiger partial charge >= 0.3 is 0 Å². The number of sulfonamides is 1. The summed E-state index contributed by atoms with van der Waals surface area (Å²) in [5, 5.41) is 0. The van der Waals surface area contributed by atoms with Crippen LogP contribution >= 0.6 is 0 Å². The molecule has 2 heterocycles. The van der Waals surface area contributed by atoms with E-state index in [9.17, 15) is 17.6 Å². The predicted octanol–water partition coefficient (Wildman–Crippen LogP) is 2.54. The van der Waals surface area contributed by atoms with Gasteiger partial charge in [-0.25, -0.2) is 12.8 Å². The van der Waals surface area contributed by atoms with E-state index < -0.39 is 10.0 Å². The zero-order chi connectivity index (χ0) is 22.6. The average Bonchev–Trinajstić information content (AvgIpc) is 3.15. The molecule has 2 aromatic rings.